The minimum absolute atomic E-state index is 0.587. The first kappa shape index (κ1) is 11.2. The number of aryl methyl sites for hydroxylation is 2. The monoisotopic (exact) mass is 196 g/mol. The van der Waals surface area contributed by atoms with Crippen LogP contribution in [-0.4, -0.2) is 27.6 Å². The topological polar surface area (TPSA) is 42.7 Å². The lowest BCUT2D eigenvalue weighted by Gasteiger charge is -2.07. The maximum Gasteiger partial charge on any atom is 0.0796 e. The summed E-state index contributed by atoms with van der Waals surface area (Å²) in [7, 11) is 0. The van der Waals surface area contributed by atoms with Gasteiger partial charge in [-0.2, -0.15) is 0 Å². The summed E-state index contributed by atoms with van der Waals surface area (Å²) < 4.78 is 1.91. The molecule has 0 radical (unpaired) electrons. The highest BCUT2D eigenvalue weighted by atomic mass is 15.4. The normalized spacial score (nSPS) is 11.1. The van der Waals surface area contributed by atoms with Crippen molar-refractivity contribution in [3.63, 3.8) is 0 Å². The van der Waals surface area contributed by atoms with Crippen LogP contribution in [0.3, 0.4) is 0 Å². The van der Waals surface area contributed by atoms with Crippen LogP contribution >= 0.6 is 0 Å². The van der Waals surface area contributed by atoms with Crippen LogP contribution in [0.25, 0.3) is 0 Å². The van der Waals surface area contributed by atoms with Crippen LogP contribution in [0.2, 0.25) is 0 Å². The number of nitrogens with zero attached hydrogens (tertiary/aromatic N) is 3. The van der Waals surface area contributed by atoms with Gasteiger partial charge in [0.15, 0.2) is 0 Å². The molecule has 0 aliphatic carbocycles. The summed E-state index contributed by atoms with van der Waals surface area (Å²) >= 11 is 0. The summed E-state index contributed by atoms with van der Waals surface area (Å²) in [6, 6.07) is 0.587. The van der Waals surface area contributed by atoms with Crippen molar-refractivity contribution >= 4 is 0 Å². The zero-order valence-corrected chi connectivity index (χ0v) is 9.32. The Kier molecular flexibility index (Phi) is 4.59. The lowest BCUT2D eigenvalue weighted by Crippen LogP contribution is -2.23. The number of nitrogens with one attached hydrogen (secondary N) is 1. The number of hydrogen-bond acceptors (Lipinski definition) is 3. The summed E-state index contributed by atoms with van der Waals surface area (Å²) in [5.41, 5.74) is 0.991. The Morgan fingerprint density at radius 3 is 2.79 bits per heavy atom. The van der Waals surface area contributed by atoms with Crippen LogP contribution in [0.15, 0.2) is 6.20 Å². The van der Waals surface area contributed by atoms with Gasteiger partial charge in [-0.1, -0.05) is 19.1 Å². The predicted octanol–water partition coefficient (Wildman–Crippen LogP) is 1.36. The van der Waals surface area contributed by atoms with E-state index < -0.39 is 0 Å². The van der Waals surface area contributed by atoms with Crippen LogP contribution in [0.1, 0.15) is 32.4 Å². The molecule has 0 aliphatic heterocycles. The minimum atomic E-state index is 0.587. The van der Waals surface area contributed by atoms with E-state index in [1.165, 1.54) is 6.42 Å². The fraction of sp³-hybridized carbons (Fsp3) is 0.800. The second-order valence-electron chi connectivity index (χ2n) is 3.94. The molecule has 0 atom stereocenters. The van der Waals surface area contributed by atoms with E-state index in [9.17, 15) is 0 Å². The van der Waals surface area contributed by atoms with E-state index in [1.807, 2.05) is 17.8 Å². The summed E-state index contributed by atoms with van der Waals surface area (Å²) in [5, 5.41) is 11.3. The Bertz CT molecular complexity index is 254. The molecule has 0 saturated heterocycles. The largest absolute Gasteiger partial charge is 0.315 e. The Morgan fingerprint density at radius 2 is 2.21 bits per heavy atom. The van der Waals surface area contributed by atoms with E-state index in [4.69, 9.17) is 0 Å². The molecule has 0 amide bonds. The lowest BCUT2D eigenvalue weighted by atomic mass is 10.3. The van der Waals surface area contributed by atoms with Gasteiger partial charge in [0.2, 0.25) is 0 Å². The maximum atomic E-state index is 3.99. The zero-order valence-electron chi connectivity index (χ0n) is 9.32. The highest BCUT2D eigenvalue weighted by Gasteiger charge is 1.96. The predicted molar refractivity (Wildman–Crippen MR) is 57.1 cm³/mol. The van der Waals surface area contributed by atoms with Crippen molar-refractivity contribution in [2.45, 2.75) is 46.2 Å². The molecule has 1 N–H and O–H groups in total. The van der Waals surface area contributed by atoms with Gasteiger partial charge in [0.25, 0.3) is 0 Å². The maximum absolute atomic E-state index is 3.99. The number of rotatable bonds is 6. The average molecular weight is 196 g/mol. The zero-order chi connectivity index (χ0) is 10.4. The second-order valence-corrected chi connectivity index (χ2v) is 3.94. The standard InChI is InChI=1S/C10H20N4/c1-9(2)11-6-4-5-7-14-8-10(3)12-13-14/h8-9,11H,4-7H2,1-3H3. The van der Waals surface area contributed by atoms with Crippen LogP contribution in [-0.2, 0) is 6.54 Å². The third kappa shape index (κ3) is 4.37. The third-order valence-electron chi connectivity index (χ3n) is 2.02. The first-order valence-electron chi connectivity index (χ1n) is 5.28. The van der Waals surface area contributed by atoms with Crippen molar-refractivity contribution in [2.24, 2.45) is 0 Å². The minimum Gasteiger partial charge on any atom is -0.315 e. The molecule has 0 fully saturated rings. The number of unbranched alkanes of at least 4 members (excludes halogenated alkanes) is 1. The molecule has 1 rings (SSSR count). The Labute approximate surface area is 85.7 Å². The number of hydrogen-bond donors (Lipinski definition) is 1. The first-order valence-corrected chi connectivity index (χ1v) is 5.28. The second kappa shape index (κ2) is 5.75. The molecule has 0 unspecified atom stereocenters. The van der Waals surface area contributed by atoms with Crippen molar-refractivity contribution in [3.8, 4) is 0 Å². The fourth-order valence-electron chi connectivity index (χ4n) is 1.29. The van der Waals surface area contributed by atoms with E-state index in [0.29, 0.717) is 6.04 Å². The van der Waals surface area contributed by atoms with E-state index in [-0.39, 0.29) is 0 Å². The smallest absolute Gasteiger partial charge is 0.0796 e. The summed E-state index contributed by atoms with van der Waals surface area (Å²) in [4.78, 5) is 0. The quantitative estimate of drug-likeness (QED) is 0.699. The summed E-state index contributed by atoms with van der Waals surface area (Å²) in [6.45, 7) is 8.36. The lowest BCUT2D eigenvalue weighted by molar-refractivity contribution is 0.504. The van der Waals surface area contributed by atoms with Gasteiger partial charge < -0.3 is 5.32 Å². The van der Waals surface area contributed by atoms with Gasteiger partial charge in [-0.25, -0.2) is 0 Å². The molecule has 0 aliphatic rings. The number of aromatic nitrogens is 3. The molecular formula is C10H20N4. The van der Waals surface area contributed by atoms with Crippen LogP contribution in [0.5, 0.6) is 0 Å². The van der Waals surface area contributed by atoms with Crippen molar-refractivity contribution in [3.05, 3.63) is 11.9 Å². The van der Waals surface area contributed by atoms with Crippen molar-refractivity contribution < 1.29 is 0 Å². The molecule has 0 spiro atoms. The molecule has 1 aromatic rings. The summed E-state index contributed by atoms with van der Waals surface area (Å²) in [6.07, 6.45) is 4.33. The molecule has 4 nitrogen and oxygen atoms in total. The van der Waals surface area contributed by atoms with E-state index in [2.05, 4.69) is 29.5 Å². The van der Waals surface area contributed by atoms with E-state index in [0.717, 1.165) is 25.2 Å². The molecule has 80 valence electrons. The average Bonchev–Trinajstić information content (AvgIpc) is 2.50. The van der Waals surface area contributed by atoms with Gasteiger partial charge in [-0.15, -0.1) is 5.10 Å². The van der Waals surface area contributed by atoms with Gasteiger partial charge >= 0.3 is 0 Å². The van der Waals surface area contributed by atoms with Gasteiger partial charge in [-0.05, 0) is 26.3 Å². The molecule has 0 aromatic carbocycles. The SMILES string of the molecule is Cc1cn(CCCCNC(C)C)nn1. The molecular weight excluding hydrogens is 176 g/mol. The molecule has 0 saturated carbocycles. The van der Waals surface area contributed by atoms with Gasteiger partial charge in [-0.3, -0.25) is 4.68 Å². The third-order valence-corrected chi connectivity index (χ3v) is 2.02. The molecule has 1 heterocycles. The van der Waals surface area contributed by atoms with Crippen LogP contribution < -0.4 is 5.32 Å². The van der Waals surface area contributed by atoms with E-state index >= 15 is 0 Å². The van der Waals surface area contributed by atoms with Crippen LogP contribution in [0.4, 0.5) is 0 Å². The highest BCUT2D eigenvalue weighted by Crippen LogP contribution is 1.95. The Hall–Kier alpha value is -0.900. The van der Waals surface area contributed by atoms with Crippen molar-refractivity contribution in [2.75, 3.05) is 6.54 Å². The molecule has 4 heteroatoms. The highest BCUT2D eigenvalue weighted by molar-refractivity contribution is 4.86. The molecule has 1 aromatic heterocycles. The summed E-state index contributed by atoms with van der Waals surface area (Å²) in [5.74, 6) is 0. The van der Waals surface area contributed by atoms with Crippen molar-refractivity contribution in [1.29, 1.82) is 0 Å². The van der Waals surface area contributed by atoms with Gasteiger partial charge in [0.1, 0.15) is 0 Å². The van der Waals surface area contributed by atoms with Crippen molar-refractivity contribution in [1.82, 2.24) is 20.3 Å². The van der Waals surface area contributed by atoms with Gasteiger partial charge in [0, 0.05) is 18.8 Å². The Morgan fingerprint density at radius 1 is 1.43 bits per heavy atom. The fourth-order valence-corrected chi connectivity index (χ4v) is 1.29. The van der Waals surface area contributed by atoms with Crippen LogP contribution in [0, 0.1) is 6.92 Å². The van der Waals surface area contributed by atoms with Gasteiger partial charge in [0.05, 0.1) is 5.69 Å². The first-order chi connectivity index (χ1) is 6.68. The molecule has 14 heavy (non-hydrogen) atoms. The van der Waals surface area contributed by atoms with E-state index in [1.54, 1.807) is 0 Å². The molecule has 0 bridgehead atoms. The Balaban J connectivity index is 2.04.